The molecule has 150 valence electrons. The van der Waals surface area contributed by atoms with Gasteiger partial charge in [0.1, 0.15) is 6.10 Å². The lowest BCUT2D eigenvalue weighted by Gasteiger charge is -2.24. The van der Waals surface area contributed by atoms with E-state index in [1.807, 2.05) is 6.07 Å². The summed E-state index contributed by atoms with van der Waals surface area (Å²) in [5, 5.41) is 1.18. The first kappa shape index (κ1) is 18.8. The largest absolute Gasteiger partial charge is 0.468 e. The van der Waals surface area contributed by atoms with Crippen LogP contribution in [0.25, 0.3) is 10.9 Å². The van der Waals surface area contributed by atoms with E-state index in [4.69, 9.17) is 9.72 Å². The van der Waals surface area contributed by atoms with Gasteiger partial charge >= 0.3 is 0 Å². The molecule has 0 bridgehead atoms. The van der Waals surface area contributed by atoms with Crippen LogP contribution in [-0.2, 0) is 13.1 Å². The molecule has 1 aromatic heterocycles. The molecule has 0 aliphatic carbocycles. The molecule has 1 atom stereocenters. The zero-order chi connectivity index (χ0) is 20.5. The summed E-state index contributed by atoms with van der Waals surface area (Å²) >= 11 is 0. The lowest BCUT2D eigenvalue weighted by molar-refractivity contribution is 0.140. The molecule has 0 amide bonds. The topological polar surface area (TPSA) is 25.4 Å². The van der Waals surface area contributed by atoms with Crippen molar-refractivity contribution in [2.24, 2.45) is 0 Å². The summed E-state index contributed by atoms with van der Waals surface area (Å²) in [6, 6.07) is 27.8. The average molecular weight is 395 g/mol. The van der Waals surface area contributed by atoms with E-state index >= 15 is 0 Å². The van der Waals surface area contributed by atoms with Gasteiger partial charge in [0.15, 0.2) is 0 Å². The van der Waals surface area contributed by atoms with Crippen molar-refractivity contribution in [3.05, 3.63) is 107 Å². The number of fused-ring (bicyclic) bond motifs is 2. The van der Waals surface area contributed by atoms with Crippen molar-refractivity contribution in [1.29, 1.82) is 0 Å². The Morgan fingerprint density at radius 3 is 2.43 bits per heavy atom. The van der Waals surface area contributed by atoms with Crippen LogP contribution in [-0.4, -0.2) is 16.4 Å². The molecule has 30 heavy (non-hydrogen) atoms. The number of ether oxygens (including phenoxy) is 1. The van der Waals surface area contributed by atoms with Gasteiger partial charge in [0.2, 0.25) is 5.88 Å². The van der Waals surface area contributed by atoms with Gasteiger partial charge < -0.3 is 4.74 Å². The fourth-order valence-electron chi connectivity index (χ4n) is 4.24. The van der Waals surface area contributed by atoms with E-state index in [1.54, 1.807) is 0 Å². The van der Waals surface area contributed by atoms with Crippen molar-refractivity contribution in [2.75, 3.05) is 6.54 Å². The Hall–Kier alpha value is -3.17. The van der Waals surface area contributed by atoms with Crippen molar-refractivity contribution in [3.8, 4) is 5.88 Å². The first-order valence-electron chi connectivity index (χ1n) is 10.5. The molecule has 1 aliphatic heterocycles. The van der Waals surface area contributed by atoms with Crippen LogP contribution in [0.5, 0.6) is 5.88 Å². The molecule has 0 fully saturated rings. The minimum absolute atomic E-state index is 0.0498. The van der Waals surface area contributed by atoms with Gasteiger partial charge in [0, 0.05) is 30.6 Å². The van der Waals surface area contributed by atoms with Crippen molar-refractivity contribution >= 4 is 10.9 Å². The van der Waals surface area contributed by atoms with Crippen molar-refractivity contribution in [3.63, 3.8) is 0 Å². The molecule has 2 heterocycles. The predicted molar refractivity (Wildman–Crippen MR) is 122 cm³/mol. The molecule has 3 heteroatoms. The fraction of sp³-hybridized carbons (Fsp3) is 0.222. The van der Waals surface area contributed by atoms with Gasteiger partial charge in [-0.1, -0.05) is 72.8 Å². The highest BCUT2D eigenvalue weighted by molar-refractivity contribution is 5.84. The maximum Gasteiger partial charge on any atom is 0.219 e. The van der Waals surface area contributed by atoms with E-state index in [9.17, 15) is 0 Å². The first-order valence-corrected chi connectivity index (χ1v) is 10.5. The zero-order valence-corrected chi connectivity index (χ0v) is 17.5. The van der Waals surface area contributed by atoms with E-state index < -0.39 is 0 Å². The molecule has 0 spiro atoms. The summed E-state index contributed by atoms with van der Waals surface area (Å²) in [5.74, 6) is 0.764. The highest BCUT2D eigenvalue weighted by atomic mass is 16.5. The fourth-order valence-corrected chi connectivity index (χ4v) is 4.24. The number of nitrogens with zero attached hydrogens (tertiary/aromatic N) is 2. The third kappa shape index (κ3) is 3.69. The summed E-state index contributed by atoms with van der Waals surface area (Å²) in [7, 11) is 0. The van der Waals surface area contributed by atoms with Crippen LogP contribution >= 0.6 is 0 Å². The number of hydrogen-bond acceptors (Lipinski definition) is 3. The minimum atomic E-state index is -0.0498. The van der Waals surface area contributed by atoms with Gasteiger partial charge in [-0.25, -0.2) is 4.98 Å². The van der Waals surface area contributed by atoms with Crippen molar-refractivity contribution < 1.29 is 4.74 Å². The summed E-state index contributed by atoms with van der Waals surface area (Å²) in [6.45, 7) is 6.81. The lowest BCUT2D eigenvalue weighted by atomic mass is 10.0. The predicted octanol–water partition coefficient (Wildman–Crippen LogP) is 5.99. The lowest BCUT2D eigenvalue weighted by Crippen LogP contribution is -2.27. The molecule has 5 rings (SSSR count). The Balaban J connectivity index is 1.58. The summed E-state index contributed by atoms with van der Waals surface area (Å²) < 4.78 is 6.56. The van der Waals surface area contributed by atoms with E-state index in [1.165, 1.54) is 27.6 Å². The number of benzene rings is 3. The molecular weight excluding hydrogens is 368 g/mol. The summed E-state index contributed by atoms with van der Waals surface area (Å²) in [6.07, 6.45) is -0.0498. The smallest absolute Gasteiger partial charge is 0.219 e. The normalized spacial score (nSPS) is 16.7. The molecule has 3 nitrogen and oxygen atoms in total. The van der Waals surface area contributed by atoms with Gasteiger partial charge in [0.05, 0.1) is 5.52 Å². The molecule has 0 radical (unpaired) electrons. The van der Waals surface area contributed by atoms with Gasteiger partial charge in [-0.05, 0) is 42.2 Å². The Kier molecular flexibility index (Phi) is 4.97. The summed E-state index contributed by atoms with van der Waals surface area (Å²) in [5.41, 5.74) is 7.17. The monoisotopic (exact) mass is 394 g/mol. The third-order valence-corrected chi connectivity index (χ3v) is 6.04. The van der Waals surface area contributed by atoms with Gasteiger partial charge in [-0.15, -0.1) is 0 Å². The van der Waals surface area contributed by atoms with Crippen LogP contribution in [0.4, 0.5) is 0 Å². The van der Waals surface area contributed by atoms with Crippen molar-refractivity contribution in [2.45, 2.75) is 33.0 Å². The molecule has 4 aromatic rings. The van der Waals surface area contributed by atoms with E-state index in [0.717, 1.165) is 36.6 Å². The van der Waals surface area contributed by atoms with E-state index in [2.05, 4.69) is 91.5 Å². The van der Waals surface area contributed by atoms with E-state index in [0.29, 0.717) is 0 Å². The number of aryl methyl sites for hydroxylation is 2. The molecule has 0 saturated heterocycles. The second-order valence-corrected chi connectivity index (χ2v) is 8.20. The maximum absolute atomic E-state index is 6.56. The molecule has 0 unspecified atom stereocenters. The van der Waals surface area contributed by atoms with Crippen LogP contribution in [0.1, 0.15) is 33.9 Å². The molecule has 0 saturated carbocycles. The number of pyridine rings is 1. The Morgan fingerprint density at radius 1 is 0.933 bits per heavy atom. The SMILES string of the molecule is Cc1ccc2cc3c(nc2c1C)O[C@H](c1ccccc1)CN(Cc1ccccc1)C3. The van der Waals surface area contributed by atoms with Gasteiger partial charge in [0.25, 0.3) is 0 Å². The molecule has 0 N–H and O–H groups in total. The first-order chi connectivity index (χ1) is 14.7. The Labute approximate surface area is 178 Å². The minimum Gasteiger partial charge on any atom is -0.468 e. The second kappa shape index (κ2) is 7.92. The number of aromatic nitrogens is 1. The highest BCUT2D eigenvalue weighted by Gasteiger charge is 2.26. The van der Waals surface area contributed by atoms with Crippen LogP contribution in [0.2, 0.25) is 0 Å². The molecule has 3 aromatic carbocycles. The standard InChI is InChI=1S/C27H26N2O/c1-19-13-14-23-15-24-17-29(16-21-9-5-3-6-10-21)18-25(22-11-7-4-8-12-22)30-27(24)28-26(23)20(19)2/h3-15,25H,16-18H2,1-2H3/t25-/m0/s1. The Morgan fingerprint density at radius 2 is 1.67 bits per heavy atom. The van der Waals surface area contributed by atoms with Gasteiger partial charge in [-0.3, -0.25) is 4.90 Å². The maximum atomic E-state index is 6.56. The third-order valence-electron chi connectivity index (χ3n) is 6.04. The molecular formula is C27H26N2O. The quantitative estimate of drug-likeness (QED) is 0.427. The van der Waals surface area contributed by atoms with Crippen LogP contribution < -0.4 is 4.74 Å². The Bertz CT molecular complexity index is 1170. The summed E-state index contributed by atoms with van der Waals surface area (Å²) in [4.78, 5) is 7.47. The van der Waals surface area contributed by atoms with Crippen LogP contribution in [0.15, 0.2) is 78.9 Å². The second-order valence-electron chi connectivity index (χ2n) is 8.20. The van der Waals surface area contributed by atoms with Crippen LogP contribution in [0.3, 0.4) is 0 Å². The van der Waals surface area contributed by atoms with Gasteiger partial charge in [-0.2, -0.15) is 0 Å². The van der Waals surface area contributed by atoms with Crippen LogP contribution in [0, 0.1) is 13.8 Å². The zero-order valence-electron chi connectivity index (χ0n) is 17.5. The number of rotatable bonds is 3. The molecule has 1 aliphatic rings. The average Bonchev–Trinajstić information content (AvgIpc) is 2.95. The van der Waals surface area contributed by atoms with E-state index in [-0.39, 0.29) is 6.10 Å². The highest BCUT2D eigenvalue weighted by Crippen LogP contribution is 2.34. The number of hydrogen-bond donors (Lipinski definition) is 0. The van der Waals surface area contributed by atoms with Crippen molar-refractivity contribution in [1.82, 2.24) is 9.88 Å².